The number of hydrogen-bond donors (Lipinski definition) is 0. The molecule has 1 aromatic carbocycles. The van der Waals surface area contributed by atoms with E-state index in [9.17, 15) is 4.79 Å². The topological polar surface area (TPSA) is 56.5 Å². The van der Waals surface area contributed by atoms with Crippen molar-refractivity contribution in [2.45, 2.75) is 25.7 Å². The molecule has 0 saturated heterocycles. The summed E-state index contributed by atoms with van der Waals surface area (Å²) in [6.07, 6.45) is 4.09. The Bertz CT molecular complexity index is 553. The summed E-state index contributed by atoms with van der Waals surface area (Å²) in [7, 11) is 0. The average molecular weight is 239 g/mol. The van der Waals surface area contributed by atoms with E-state index in [1.165, 1.54) is 5.01 Å². The van der Waals surface area contributed by atoms with Crippen molar-refractivity contribution in [1.29, 1.82) is 5.26 Å². The van der Waals surface area contributed by atoms with Crippen LogP contribution in [0.25, 0.3) is 0 Å². The molecule has 1 fully saturated rings. The summed E-state index contributed by atoms with van der Waals surface area (Å²) >= 11 is 0. The van der Waals surface area contributed by atoms with E-state index in [-0.39, 0.29) is 11.8 Å². The van der Waals surface area contributed by atoms with Crippen LogP contribution in [0.5, 0.6) is 0 Å². The fourth-order valence-corrected chi connectivity index (χ4v) is 2.57. The summed E-state index contributed by atoms with van der Waals surface area (Å²) in [4.78, 5) is 12.2. The molecular formula is C14H13N3O. The predicted molar refractivity (Wildman–Crippen MR) is 68.0 cm³/mol. The summed E-state index contributed by atoms with van der Waals surface area (Å²) in [6, 6.07) is 9.04. The quantitative estimate of drug-likeness (QED) is 0.755. The molecule has 4 heteroatoms. The van der Waals surface area contributed by atoms with Gasteiger partial charge in [0.15, 0.2) is 0 Å². The van der Waals surface area contributed by atoms with Gasteiger partial charge in [0.1, 0.15) is 0 Å². The minimum atomic E-state index is -0.00519. The van der Waals surface area contributed by atoms with Gasteiger partial charge in [-0.05, 0) is 43.5 Å². The Morgan fingerprint density at radius 2 is 2.06 bits per heavy atom. The predicted octanol–water partition coefficient (Wildman–Crippen LogP) is 2.45. The smallest absolute Gasteiger partial charge is 0.256 e. The van der Waals surface area contributed by atoms with Gasteiger partial charge in [0.05, 0.1) is 28.9 Å². The first-order chi connectivity index (χ1) is 8.79. The number of carbonyl (C=O) groups excluding carboxylic acids is 1. The van der Waals surface area contributed by atoms with Crippen molar-refractivity contribution in [2.24, 2.45) is 11.0 Å². The van der Waals surface area contributed by atoms with Crippen molar-refractivity contribution in [3.8, 4) is 6.07 Å². The van der Waals surface area contributed by atoms with Crippen molar-refractivity contribution in [3.63, 3.8) is 0 Å². The normalized spacial score (nSPS) is 22.4. The Kier molecular flexibility index (Phi) is 2.60. The maximum Gasteiger partial charge on any atom is 0.256 e. The van der Waals surface area contributed by atoms with Crippen LogP contribution in [-0.4, -0.2) is 11.6 Å². The molecular weight excluding hydrogens is 226 g/mol. The zero-order valence-corrected chi connectivity index (χ0v) is 9.97. The van der Waals surface area contributed by atoms with Crippen LogP contribution in [0.4, 0.5) is 5.69 Å². The third-order valence-electron chi connectivity index (χ3n) is 3.55. The molecule has 0 spiro atoms. The van der Waals surface area contributed by atoms with Crippen molar-refractivity contribution in [3.05, 3.63) is 29.8 Å². The second-order valence-corrected chi connectivity index (χ2v) is 4.70. The van der Waals surface area contributed by atoms with Gasteiger partial charge in [0.2, 0.25) is 0 Å². The zero-order chi connectivity index (χ0) is 12.5. The molecule has 90 valence electrons. The Morgan fingerprint density at radius 1 is 1.28 bits per heavy atom. The van der Waals surface area contributed by atoms with E-state index in [0.717, 1.165) is 37.1 Å². The largest absolute Gasteiger partial charge is 0.272 e. The van der Waals surface area contributed by atoms with Gasteiger partial charge < -0.3 is 0 Å². The number of hydrazone groups is 1. The maximum atomic E-state index is 12.2. The van der Waals surface area contributed by atoms with Gasteiger partial charge in [-0.1, -0.05) is 6.42 Å². The third kappa shape index (κ3) is 1.68. The van der Waals surface area contributed by atoms with E-state index in [1.807, 2.05) is 0 Å². The molecule has 18 heavy (non-hydrogen) atoms. The molecule has 3 rings (SSSR count). The number of rotatable bonds is 1. The van der Waals surface area contributed by atoms with E-state index in [1.54, 1.807) is 24.3 Å². The maximum absolute atomic E-state index is 12.2. The molecule has 1 unspecified atom stereocenters. The highest BCUT2D eigenvalue weighted by molar-refractivity contribution is 6.15. The molecule has 0 radical (unpaired) electrons. The zero-order valence-electron chi connectivity index (χ0n) is 9.97. The first-order valence-electron chi connectivity index (χ1n) is 6.21. The minimum absolute atomic E-state index is 0.00519. The van der Waals surface area contributed by atoms with Crippen LogP contribution in [0.2, 0.25) is 0 Å². The SMILES string of the molecule is N#Cc1ccc(N2N=C3CCCCC3C2=O)cc1. The molecule has 0 bridgehead atoms. The van der Waals surface area contributed by atoms with Crippen LogP contribution < -0.4 is 5.01 Å². The van der Waals surface area contributed by atoms with Crippen LogP contribution in [0, 0.1) is 17.2 Å². The number of hydrogen-bond acceptors (Lipinski definition) is 3. The minimum Gasteiger partial charge on any atom is -0.272 e. The number of fused-ring (bicyclic) bond motifs is 1. The molecule has 1 aromatic rings. The number of carbonyl (C=O) groups is 1. The van der Waals surface area contributed by atoms with Crippen molar-refractivity contribution in [2.75, 3.05) is 5.01 Å². The summed E-state index contributed by atoms with van der Waals surface area (Å²) in [6.45, 7) is 0. The van der Waals surface area contributed by atoms with Crippen molar-refractivity contribution >= 4 is 17.3 Å². The van der Waals surface area contributed by atoms with Gasteiger partial charge in [-0.3, -0.25) is 4.79 Å². The second kappa shape index (κ2) is 4.26. The highest BCUT2D eigenvalue weighted by Gasteiger charge is 2.37. The summed E-state index contributed by atoms with van der Waals surface area (Å²) in [5.74, 6) is 0.0730. The highest BCUT2D eigenvalue weighted by atomic mass is 16.2. The second-order valence-electron chi connectivity index (χ2n) is 4.70. The molecule has 0 N–H and O–H groups in total. The van der Waals surface area contributed by atoms with E-state index >= 15 is 0 Å². The molecule has 1 amide bonds. The summed E-state index contributed by atoms with van der Waals surface area (Å²) in [5.41, 5.74) is 2.37. The van der Waals surface area contributed by atoms with Crippen molar-refractivity contribution < 1.29 is 4.79 Å². The third-order valence-corrected chi connectivity index (χ3v) is 3.55. The highest BCUT2D eigenvalue weighted by Crippen LogP contribution is 2.31. The molecule has 2 aliphatic rings. The van der Waals surface area contributed by atoms with Gasteiger partial charge in [0, 0.05) is 0 Å². The monoisotopic (exact) mass is 239 g/mol. The first kappa shape index (κ1) is 11.0. The number of benzene rings is 1. The molecule has 1 atom stereocenters. The first-order valence-corrected chi connectivity index (χ1v) is 6.21. The number of nitriles is 1. The summed E-state index contributed by atoms with van der Waals surface area (Å²) in [5, 5.41) is 14.7. The van der Waals surface area contributed by atoms with Crippen LogP contribution in [0.3, 0.4) is 0 Å². The van der Waals surface area contributed by atoms with Gasteiger partial charge >= 0.3 is 0 Å². The van der Waals surface area contributed by atoms with Crippen LogP contribution >= 0.6 is 0 Å². The van der Waals surface area contributed by atoms with E-state index in [0.29, 0.717) is 5.56 Å². The molecule has 1 aliphatic heterocycles. The van der Waals surface area contributed by atoms with E-state index in [2.05, 4.69) is 11.2 Å². The lowest BCUT2D eigenvalue weighted by Crippen LogP contribution is -2.28. The van der Waals surface area contributed by atoms with Gasteiger partial charge in [-0.15, -0.1) is 0 Å². The Hall–Kier alpha value is -2.15. The molecule has 1 saturated carbocycles. The Labute approximate surface area is 106 Å². The van der Waals surface area contributed by atoms with Crippen LogP contribution in [0.15, 0.2) is 29.4 Å². The molecule has 1 aliphatic carbocycles. The number of amides is 1. The lowest BCUT2D eigenvalue weighted by molar-refractivity contribution is -0.120. The van der Waals surface area contributed by atoms with E-state index < -0.39 is 0 Å². The average Bonchev–Trinajstić information content (AvgIpc) is 2.77. The summed E-state index contributed by atoms with van der Waals surface area (Å²) < 4.78 is 0. The van der Waals surface area contributed by atoms with Gasteiger partial charge in [-0.2, -0.15) is 10.4 Å². The number of nitrogens with zero attached hydrogens (tertiary/aromatic N) is 3. The fourth-order valence-electron chi connectivity index (χ4n) is 2.57. The lowest BCUT2D eigenvalue weighted by atomic mass is 9.87. The van der Waals surface area contributed by atoms with E-state index in [4.69, 9.17) is 5.26 Å². The molecule has 1 heterocycles. The number of anilines is 1. The van der Waals surface area contributed by atoms with Gasteiger partial charge in [-0.25, -0.2) is 5.01 Å². The van der Waals surface area contributed by atoms with Crippen LogP contribution in [0.1, 0.15) is 31.2 Å². The Balaban J connectivity index is 1.90. The standard InChI is InChI=1S/C14H13N3O/c15-9-10-5-7-11(8-6-10)17-14(18)12-3-1-2-4-13(12)16-17/h5-8,12H,1-4H2. The molecule has 0 aromatic heterocycles. The molecule has 4 nitrogen and oxygen atoms in total. The van der Waals surface area contributed by atoms with Crippen molar-refractivity contribution in [1.82, 2.24) is 0 Å². The van der Waals surface area contributed by atoms with Gasteiger partial charge in [0.25, 0.3) is 5.91 Å². The van der Waals surface area contributed by atoms with Crippen LogP contribution in [-0.2, 0) is 4.79 Å². The lowest BCUT2D eigenvalue weighted by Gasteiger charge is -2.16. The fraction of sp³-hybridized carbons (Fsp3) is 0.357. The Morgan fingerprint density at radius 3 is 2.72 bits per heavy atom.